The Morgan fingerprint density at radius 1 is 1.57 bits per heavy atom. The van der Waals surface area contributed by atoms with Gasteiger partial charge in [0.05, 0.1) is 29.2 Å². The van der Waals surface area contributed by atoms with Crippen LogP contribution in [0.15, 0.2) is 39.2 Å². The summed E-state index contributed by atoms with van der Waals surface area (Å²) in [6.45, 7) is 0.307. The fourth-order valence-corrected chi connectivity index (χ4v) is 2.71. The molecular formula is C13H11BrN4O2S. The van der Waals surface area contributed by atoms with Crippen molar-refractivity contribution in [3.8, 4) is 0 Å². The average molecular weight is 367 g/mol. The zero-order valence-corrected chi connectivity index (χ0v) is 13.4. The minimum atomic E-state index is -0.190. The molecule has 0 spiro atoms. The van der Waals surface area contributed by atoms with Gasteiger partial charge in [0.2, 0.25) is 0 Å². The van der Waals surface area contributed by atoms with E-state index in [4.69, 9.17) is 16.6 Å². The van der Waals surface area contributed by atoms with Gasteiger partial charge in [0, 0.05) is 7.05 Å². The Morgan fingerprint density at radius 2 is 2.38 bits per heavy atom. The number of furan rings is 1. The van der Waals surface area contributed by atoms with Crippen LogP contribution >= 0.6 is 28.1 Å². The van der Waals surface area contributed by atoms with Gasteiger partial charge in [0.15, 0.2) is 5.11 Å². The van der Waals surface area contributed by atoms with Crippen LogP contribution in [-0.2, 0) is 18.4 Å². The van der Waals surface area contributed by atoms with Crippen molar-refractivity contribution in [1.29, 1.82) is 0 Å². The third-order valence-electron chi connectivity index (χ3n) is 3.08. The second-order valence-corrected chi connectivity index (χ2v) is 5.70. The maximum Gasteiger partial charge on any atom is 0.277 e. The highest BCUT2D eigenvalue weighted by Crippen LogP contribution is 2.21. The fourth-order valence-electron chi connectivity index (χ4n) is 1.99. The van der Waals surface area contributed by atoms with Crippen LogP contribution in [0.2, 0.25) is 0 Å². The van der Waals surface area contributed by atoms with Crippen LogP contribution in [0.3, 0.4) is 0 Å². The van der Waals surface area contributed by atoms with Crippen molar-refractivity contribution >= 4 is 45.2 Å². The van der Waals surface area contributed by atoms with E-state index >= 15 is 0 Å². The van der Waals surface area contributed by atoms with Gasteiger partial charge in [0.25, 0.3) is 5.91 Å². The summed E-state index contributed by atoms with van der Waals surface area (Å²) in [6, 6.07) is 3.57. The Kier molecular flexibility index (Phi) is 3.64. The van der Waals surface area contributed by atoms with Crippen LogP contribution in [0.1, 0.15) is 11.5 Å². The summed E-state index contributed by atoms with van der Waals surface area (Å²) in [5, 5.41) is 7.39. The predicted molar refractivity (Wildman–Crippen MR) is 83.9 cm³/mol. The Hall–Kier alpha value is -1.93. The second-order valence-electron chi connectivity index (χ2n) is 4.46. The molecule has 0 bridgehead atoms. The van der Waals surface area contributed by atoms with Gasteiger partial charge in [-0.05, 0) is 46.4 Å². The van der Waals surface area contributed by atoms with Crippen molar-refractivity contribution in [1.82, 2.24) is 20.0 Å². The lowest BCUT2D eigenvalue weighted by Crippen LogP contribution is -2.29. The molecule has 1 amide bonds. The normalized spacial score (nSPS) is 16.9. The molecule has 1 aliphatic heterocycles. The summed E-state index contributed by atoms with van der Waals surface area (Å²) < 4.78 is 7.73. The van der Waals surface area contributed by atoms with Gasteiger partial charge in [-0.2, -0.15) is 5.10 Å². The highest BCUT2D eigenvalue weighted by molar-refractivity contribution is 9.10. The molecule has 2 aromatic rings. The number of thiocarbonyl (C=S) groups is 1. The summed E-state index contributed by atoms with van der Waals surface area (Å²) in [4.78, 5) is 13.9. The molecule has 2 aromatic heterocycles. The lowest BCUT2D eigenvalue weighted by Gasteiger charge is -2.11. The molecule has 1 fully saturated rings. The zero-order chi connectivity index (χ0) is 15.0. The molecule has 108 valence electrons. The van der Waals surface area contributed by atoms with E-state index in [0.717, 1.165) is 10.2 Å². The lowest BCUT2D eigenvalue weighted by molar-refractivity contribution is -0.122. The standard InChI is InChI=1S/C13H11BrN4O2S/c1-17-11(9(14)6-15-17)5-10-12(19)18(13(21)16-10)7-8-3-2-4-20-8/h2-6H,7H2,1H3,(H,16,21)/b10-5+. The first kappa shape index (κ1) is 14.0. The average Bonchev–Trinajstić information content (AvgIpc) is 3.13. The first-order valence-electron chi connectivity index (χ1n) is 6.10. The third kappa shape index (κ3) is 2.64. The van der Waals surface area contributed by atoms with E-state index in [1.807, 2.05) is 0 Å². The second kappa shape index (κ2) is 5.45. The summed E-state index contributed by atoms with van der Waals surface area (Å²) in [7, 11) is 1.80. The molecule has 1 saturated heterocycles. The van der Waals surface area contributed by atoms with E-state index in [0.29, 0.717) is 23.1 Å². The molecule has 3 rings (SSSR count). The van der Waals surface area contributed by atoms with Gasteiger partial charge in [-0.15, -0.1) is 0 Å². The van der Waals surface area contributed by atoms with Crippen molar-refractivity contribution < 1.29 is 9.21 Å². The van der Waals surface area contributed by atoms with Crippen LogP contribution in [-0.4, -0.2) is 25.7 Å². The summed E-state index contributed by atoms with van der Waals surface area (Å²) in [5.74, 6) is 0.486. The van der Waals surface area contributed by atoms with Gasteiger partial charge in [-0.1, -0.05) is 0 Å². The summed E-state index contributed by atoms with van der Waals surface area (Å²) >= 11 is 8.60. The number of aromatic nitrogens is 2. The van der Waals surface area contributed by atoms with Crippen molar-refractivity contribution in [3.63, 3.8) is 0 Å². The molecule has 1 aliphatic rings. The molecule has 0 atom stereocenters. The molecule has 1 N–H and O–H groups in total. The number of amides is 1. The molecule has 8 heteroatoms. The monoisotopic (exact) mass is 366 g/mol. The Morgan fingerprint density at radius 3 is 3.00 bits per heavy atom. The first-order chi connectivity index (χ1) is 10.1. The number of hydrogen-bond donors (Lipinski definition) is 1. The number of aryl methyl sites for hydroxylation is 1. The van der Waals surface area contributed by atoms with Gasteiger partial charge in [-0.25, -0.2) is 0 Å². The van der Waals surface area contributed by atoms with Crippen molar-refractivity contribution in [2.75, 3.05) is 0 Å². The smallest absolute Gasteiger partial charge is 0.277 e. The third-order valence-corrected chi connectivity index (χ3v) is 4.01. The quantitative estimate of drug-likeness (QED) is 0.665. The van der Waals surface area contributed by atoms with Crippen LogP contribution in [0.25, 0.3) is 6.08 Å². The molecule has 0 aliphatic carbocycles. The van der Waals surface area contributed by atoms with E-state index in [2.05, 4.69) is 26.3 Å². The maximum absolute atomic E-state index is 12.4. The van der Waals surface area contributed by atoms with Crippen molar-refractivity contribution in [2.24, 2.45) is 7.05 Å². The van der Waals surface area contributed by atoms with Crippen LogP contribution < -0.4 is 5.32 Å². The Labute approximate surface area is 134 Å². The maximum atomic E-state index is 12.4. The Balaban J connectivity index is 1.86. The summed E-state index contributed by atoms with van der Waals surface area (Å²) in [5.41, 5.74) is 1.20. The first-order valence-corrected chi connectivity index (χ1v) is 7.31. The fraction of sp³-hybridized carbons (Fsp3) is 0.154. The van der Waals surface area contributed by atoms with Crippen molar-refractivity contribution in [2.45, 2.75) is 6.54 Å². The van der Waals surface area contributed by atoms with E-state index in [-0.39, 0.29) is 5.91 Å². The van der Waals surface area contributed by atoms with E-state index < -0.39 is 0 Å². The van der Waals surface area contributed by atoms with Gasteiger partial charge in [-0.3, -0.25) is 14.4 Å². The summed E-state index contributed by atoms with van der Waals surface area (Å²) in [6.07, 6.45) is 4.95. The lowest BCUT2D eigenvalue weighted by atomic mass is 10.3. The zero-order valence-electron chi connectivity index (χ0n) is 11.0. The highest BCUT2D eigenvalue weighted by atomic mass is 79.9. The van der Waals surface area contributed by atoms with E-state index in [9.17, 15) is 4.79 Å². The molecule has 0 saturated carbocycles. The minimum Gasteiger partial charge on any atom is -0.467 e. The largest absolute Gasteiger partial charge is 0.467 e. The molecule has 0 radical (unpaired) electrons. The number of nitrogens with one attached hydrogen (secondary N) is 1. The van der Waals surface area contributed by atoms with E-state index in [1.165, 1.54) is 4.90 Å². The van der Waals surface area contributed by atoms with Crippen LogP contribution in [0.5, 0.6) is 0 Å². The number of nitrogens with zero attached hydrogens (tertiary/aromatic N) is 3. The Bertz CT molecular complexity index is 716. The van der Waals surface area contributed by atoms with Crippen molar-refractivity contribution in [3.05, 3.63) is 46.2 Å². The number of halogens is 1. The molecule has 0 unspecified atom stereocenters. The topological polar surface area (TPSA) is 63.3 Å². The predicted octanol–water partition coefficient (Wildman–Crippen LogP) is 2.03. The molecule has 21 heavy (non-hydrogen) atoms. The molecule has 3 heterocycles. The molecule has 0 aromatic carbocycles. The number of carbonyl (C=O) groups excluding carboxylic acids is 1. The van der Waals surface area contributed by atoms with Gasteiger partial charge in [0.1, 0.15) is 11.5 Å². The minimum absolute atomic E-state index is 0.190. The highest BCUT2D eigenvalue weighted by Gasteiger charge is 2.31. The molecule has 6 nitrogen and oxygen atoms in total. The molecular weight excluding hydrogens is 356 g/mol. The van der Waals surface area contributed by atoms with Gasteiger partial charge >= 0.3 is 0 Å². The number of rotatable bonds is 3. The SMILES string of the molecule is Cn1ncc(Br)c1/C=C1/NC(=S)N(Cc2ccco2)C1=O. The number of hydrogen-bond acceptors (Lipinski definition) is 4. The van der Waals surface area contributed by atoms with Crippen LogP contribution in [0.4, 0.5) is 0 Å². The van der Waals surface area contributed by atoms with Gasteiger partial charge < -0.3 is 9.73 Å². The van der Waals surface area contributed by atoms with E-state index in [1.54, 1.807) is 42.4 Å². The number of carbonyl (C=O) groups is 1. The van der Waals surface area contributed by atoms with Crippen LogP contribution in [0, 0.1) is 0 Å².